The molecule has 4 aromatic rings. The van der Waals surface area contributed by atoms with Crippen molar-refractivity contribution < 1.29 is 4.79 Å². The molecule has 0 saturated carbocycles. The summed E-state index contributed by atoms with van der Waals surface area (Å²) in [7, 11) is 0. The van der Waals surface area contributed by atoms with Crippen LogP contribution in [0.15, 0.2) is 60.2 Å². The lowest BCUT2D eigenvalue weighted by Crippen LogP contribution is -2.17. The lowest BCUT2D eigenvalue weighted by atomic mass is 10.1. The van der Waals surface area contributed by atoms with Crippen molar-refractivity contribution in [1.82, 2.24) is 14.8 Å². The Morgan fingerprint density at radius 2 is 2.12 bits per heavy atom. The fraction of sp³-hybridized carbons (Fsp3) is 0.111. The molecular formula is C18H16N4OS. The van der Waals surface area contributed by atoms with E-state index in [1.165, 1.54) is 4.88 Å². The maximum absolute atomic E-state index is 12.4. The van der Waals surface area contributed by atoms with Gasteiger partial charge in [0.15, 0.2) is 0 Å². The highest BCUT2D eigenvalue weighted by molar-refractivity contribution is 7.09. The molecule has 6 heteroatoms. The van der Waals surface area contributed by atoms with E-state index in [0.29, 0.717) is 18.8 Å². The summed E-state index contributed by atoms with van der Waals surface area (Å²) in [6.07, 6.45) is 3.93. The van der Waals surface area contributed by atoms with Crippen molar-refractivity contribution in [2.75, 3.05) is 5.32 Å². The number of carbonyl (C=O) groups is 1. The Kier molecular flexibility index (Phi) is 3.88. The van der Waals surface area contributed by atoms with Crippen LogP contribution in [0.3, 0.4) is 0 Å². The molecule has 120 valence electrons. The third-order valence-electron chi connectivity index (χ3n) is 3.90. The van der Waals surface area contributed by atoms with Crippen LogP contribution in [0.2, 0.25) is 0 Å². The minimum absolute atomic E-state index is 0.0484. The first-order valence-electron chi connectivity index (χ1n) is 7.68. The number of carbonyl (C=O) groups excluding carboxylic acids is 1. The monoisotopic (exact) mass is 336 g/mol. The minimum atomic E-state index is -0.0484. The van der Waals surface area contributed by atoms with Crippen LogP contribution in [0, 0.1) is 0 Å². The van der Waals surface area contributed by atoms with Gasteiger partial charge in [-0.3, -0.25) is 4.79 Å². The van der Waals surface area contributed by atoms with Gasteiger partial charge in [-0.2, -0.15) is 5.10 Å². The molecule has 3 aromatic heterocycles. The van der Waals surface area contributed by atoms with Crippen molar-refractivity contribution in [1.29, 1.82) is 0 Å². The summed E-state index contributed by atoms with van der Waals surface area (Å²) < 4.78 is 1.80. The van der Waals surface area contributed by atoms with Gasteiger partial charge in [0.2, 0.25) is 5.91 Å². The summed E-state index contributed by atoms with van der Waals surface area (Å²) in [5, 5.41) is 10.4. The van der Waals surface area contributed by atoms with Crippen molar-refractivity contribution in [3.63, 3.8) is 0 Å². The zero-order chi connectivity index (χ0) is 16.4. The Bertz CT molecular complexity index is 968. The first kappa shape index (κ1) is 14.7. The van der Waals surface area contributed by atoms with E-state index in [4.69, 9.17) is 0 Å². The molecule has 5 nitrogen and oxygen atoms in total. The topological polar surface area (TPSA) is 62.7 Å². The molecular weight excluding hydrogens is 320 g/mol. The zero-order valence-electron chi connectivity index (χ0n) is 12.9. The van der Waals surface area contributed by atoms with Gasteiger partial charge in [0.25, 0.3) is 0 Å². The Hall–Kier alpha value is -2.86. The second-order valence-corrected chi connectivity index (χ2v) is 6.57. The maximum atomic E-state index is 12.4. The van der Waals surface area contributed by atoms with Gasteiger partial charge >= 0.3 is 0 Å². The molecule has 0 aliphatic carbocycles. The van der Waals surface area contributed by atoms with Gasteiger partial charge in [-0.25, -0.2) is 4.68 Å². The largest absolute Gasteiger partial charge is 0.361 e. The number of hydrogen-bond donors (Lipinski definition) is 2. The van der Waals surface area contributed by atoms with Gasteiger partial charge in [-0.15, -0.1) is 11.3 Å². The number of thiophene rings is 1. The van der Waals surface area contributed by atoms with E-state index in [-0.39, 0.29) is 5.91 Å². The normalized spacial score (nSPS) is 11.0. The number of fused-ring (bicyclic) bond motifs is 1. The van der Waals surface area contributed by atoms with Crippen molar-refractivity contribution in [2.45, 2.75) is 13.0 Å². The molecule has 1 aromatic carbocycles. The van der Waals surface area contributed by atoms with E-state index < -0.39 is 0 Å². The van der Waals surface area contributed by atoms with Gasteiger partial charge in [0.1, 0.15) is 5.82 Å². The quantitative estimate of drug-likeness (QED) is 0.584. The van der Waals surface area contributed by atoms with Gasteiger partial charge in [-0.1, -0.05) is 24.3 Å². The Morgan fingerprint density at radius 3 is 3.00 bits per heavy atom. The average molecular weight is 336 g/mol. The number of rotatable bonds is 5. The third-order valence-corrected chi connectivity index (χ3v) is 4.76. The Balaban J connectivity index is 1.48. The number of hydrogen-bond acceptors (Lipinski definition) is 3. The van der Waals surface area contributed by atoms with Gasteiger partial charge < -0.3 is 10.3 Å². The molecule has 0 unspecified atom stereocenters. The molecule has 4 rings (SSSR count). The molecule has 1 amide bonds. The number of para-hydroxylation sites is 1. The van der Waals surface area contributed by atoms with Crippen molar-refractivity contribution in [2.24, 2.45) is 0 Å². The van der Waals surface area contributed by atoms with Crippen LogP contribution in [0.5, 0.6) is 0 Å². The zero-order valence-corrected chi connectivity index (χ0v) is 13.7. The molecule has 0 atom stereocenters. The number of benzene rings is 1. The van der Waals surface area contributed by atoms with Crippen LogP contribution in [0.25, 0.3) is 10.9 Å². The van der Waals surface area contributed by atoms with E-state index in [1.807, 2.05) is 48.0 Å². The number of H-pyrrole nitrogens is 1. The first-order valence-corrected chi connectivity index (χ1v) is 8.56. The van der Waals surface area contributed by atoms with Crippen LogP contribution in [0.1, 0.15) is 10.4 Å². The predicted molar refractivity (Wildman–Crippen MR) is 96.3 cm³/mol. The molecule has 0 saturated heterocycles. The van der Waals surface area contributed by atoms with E-state index in [2.05, 4.69) is 21.5 Å². The summed E-state index contributed by atoms with van der Waals surface area (Å²) in [5.74, 6) is 0.668. The van der Waals surface area contributed by atoms with Crippen LogP contribution in [-0.2, 0) is 17.8 Å². The second kappa shape index (κ2) is 6.33. The summed E-state index contributed by atoms with van der Waals surface area (Å²) >= 11 is 1.68. The number of aromatic amines is 1. The van der Waals surface area contributed by atoms with Crippen LogP contribution < -0.4 is 5.32 Å². The van der Waals surface area contributed by atoms with Gasteiger partial charge in [-0.05, 0) is 23.1 Å². The summed E-state index contributed by atoms with van der Waals surface area (Å²) in [5.41, 5.74) is 2.04. The first-order chi connectivity index (χ1) is 11.8. The molecule has 2 N–H and O–H groups in total. The number of nitrogens with one attached hydrogen (secondary N) is 2. The van der Waals surface area contributed by atoms with Crippen LogP contribution >= 0.6 is 11.3 Å². The number of anilines is 1. The molecule has 0 fully saturated rings. The molecule has 0 aliphatic rings. The maximum Gasteiger partial charge on any atom is 0.230 e. The minimum Gasteiger partial charge on any atom is -0.361 e. The lowest BCUT2D eigenvalue weighted by molar-refractivity contribution is -0.115. The van der Waals surface area contributed by atoms with Crippen molar-refractivity contribution in [3.05, 3.63) is 70.7 Å². The van der Waals surface area contributed by atoms with E-state index in [0.717, 1.165) is 16.5 Å². The second-order valence-electron chi connectivity index (χ2n) is 5.54. The van der Waals surface area contributed by atoms with Crippen molar-refractivity contribution in [3.8, 4) is 0 Å². The Labute approximate surface area is 142 Å². The SMILES string of the molecule is O=C(Cc1c[nH]c2ccccc12)Nc1ccnn1Cc1cccs1. The summed E-state index contributed by atoms with van der Waals surface area (Å²) in [4.78, 5) is 16.8. The smallest absolute Gasteiger partial charge is 0.230 e. The highest BCUT2D eigenvalue weighted by atomic mass is 32.1. The number of aromatic nitrogens is 3. The average Bonchev–Trinajstić information content (AvgIpc) is 3.31. The summed E-state index contributed by atoms with van der Waals surface area (Å²) in [6.45, 7) is 0.660. The van der Waals surface area contributed by atoms with Crippen LogP contribution in [0.4, 0.5) is 5.82 Å². The van der Waals surface area contributed by atoms with Gasteiger partial charge in [0, 0.05) is 28.0 Å². The molecule has 3 heterocycles. The molecule has 0 aliphatic heterocycles. The third kappa shape index (κ3) is 2.96. The lowest BCUT2D eigenvalue weighted by Gasteiger charge is -2.08. The van der Waals surface area contributed by atoms with E-state index in [1.54, 1.807) is 22.2 Å². The standard InChI is InChI=1S/C18H16N4OS/c23-18(10-13-11-19-16-6-2-1-5-15(13)16)21-17-7-8-20-22(17)12-14-4-3-9-24-14/h1-9,11,19H,10,12H2,(H,21,23). The molecule has 0 radical (unpaired) electrons. The van der Waals surface area contributed by atoms with Crippen molar-refractivity contribution >= 4 is 34.0 Å². The highest BCUT2D eigenvalue weighted by Crippen LogP contribution is 2.19. The number of nitrogens with zero attached hydrogens (tertiary/aromatic N) is 2. The van der Waals surface area contributed by atoms with E-state index in [9.17, 15) is 4.79 Å². The van der Waals surface area contributed by atoms with Gasteiger partial charge in [0.05, 0.1) is 19.2 Å². The van der Waals surface area contributed by atoms with E-state index >= 15 is 0 Å². The Morgan fingerprint density at radius 1 is 1.21 bits per heavy atom. The molecule has 0 spiro atoms. The molecule has 24 heavy (non-hydrogen) atoms. The fourth-order valence-electron chi connectivity index (χ4n) is 2.75. The van der Waals surface area contributed by atoms with Crippen LogP contribution in [-0.4, -0.2) is 20.7 Å². The predicted octanol–water partition coefficient (Wildman–Crippen LogP) is 3.66. The summed E-state index contributed by atoms with van der Waals surface area (Å²) in [6, 6.07) is 13.9. The number of amides is 1. The fourth-order valence-corrected chi connectivity index (χ4v) is 3.44. The molecule has 0 bridgehead atoms. The highest BCUT2D eigenvalue weighted by Gasteiger charge is 2.11.